The smallest absolute Gasteiger partial charge is 0.290 e. The van der Waals surface area contributed by atoms with Gasteiger partial charge in [-0.05, 0) is 6.92 Å². The van der Waals surface area contributed by atoms with Crippen LogP contribution in [0.2, 0.25) is 0 Å². The summed E-state index contributed by atoms with van der Waals surface area (Å²) in [6.07, 6.45) is -9.16. The minimum absolute atomic E-state index is 0.450. The molecule has 0 aliphatic rings. The van der Waals surface area contributed by atoms with Crippen molar-refractivity contribution < 1.29 is 48.9 Å². The molecule has 0 N–H and O–H groups in total. The van der Waals surface area contributed by atoms with Gasteiger partial charge >= 0.3 is 26.1 Å². The zero-order valence-corrected chi connectivity index (χ0v) is 10.5. The molecule has 0 spiro atoms. The Morgan fingerprint density at radius 1 is 1.11 bits per heavy atom. The van der Waals surface area contributed by atoms with E-state index < -0.39 is 39.1 Å². The number of halogens is 7. The summed E-state index contributed by atoms with van der Waals surface area (Å²) in [5, 5.41) is 0. The number of rotatable bonds is 8. The van der Waals surface area contributed by atoms with E-state index in [1.165, 1.54) is 6.92 Å². The molecule has 0 saturated carbocycles. The van der Waals surface area contributed by atoms with E-state index in [0.29, 0.717) is 7.11 Å². The van der Waals surface area contributed by atoms with Gasteiger partial charge in [0.25, 0.3) is 6.36 Å². The van der Waals surface area contributed by atoms with Crippen molar-refractivity contribution in [2.45, 2.75) is 31.6 Å². The highest BCUT2D eigenvalue weighted by atomic mass is 31.2. The monoisotopic (exact) mass is 322 g/mol. The van der Waals surface area contributed by atoms with Crippen molar-refractivity contribution in [3.05, 3.63) is 0 Å². The molecule has 19 heavy (non-hydrogen) atoms. The molecule has 0 amide bonds. The first-order valence-corrected chi connectivity index (χ1v) is 6.07. The van der Waals surface area contributed by atoms with Crippen molar-refractivity contribution in [3.63, 3.8) is 0 Å². The molecule has 0 rings (SSSR count). The van der Waals surface area contributed by atoms with Crippen molar-refractivity contribution in [2.24, 2.45) is 0 Å². The minimum atomic E-state index is -6.02. The largest absolute Gasteiger partial charge is 0.477 e. The van der Waals surface area contributed by atoms with Crippen LogP contribution in [-0.2, 0) is 18.1 Å². The summed E-state index contributed by atoms with van der Waals surface area (Å²) in [4.78, 5) is 0. The fraction of sp³-hybridized carbons (Fsp3) is 1.00. The van der Waals surface area contributed by atoms with Crippen molar-refractivity contribution in [1.82, 2.24) is 0 Å². The third-order valence-corrected chi connectivity index (χ3v) is 3.20. The Labute approximate surface area is 103 Å². The molecule has 0 heterocycles. The Bertz CT molecular complexity index is 337. The zero-order valence-electron chi connectivity index (χ0n) is 9.59. The Balaban J connectivity index is 5.10. The molecule has 0 aromatic heterocycles. The molecular formula is C7H10F7O4P. The van der Waals surface area contributed by atoms with E-state index in [9.17, 15) is 35.3 Å². The van der Waals surface area contributed by atoms with Crippen LogP contribution in [0.3, 0.4) is 0 Å². The highest BCUT2D eigenvalue weighted by Gasteiger charge is 2.69. The van der Waals surface area contributed by atoms with Crippen LogP contribution >= 0.6 is 7.82 Å². The second-order valence-corrected chi connectivity index (χ2v) is 4.74. The van der Waals surface area contributed by atoms with Gasteiger partial charge in [0, 0.05) is 7.11 Å². The molecule has 0 saturated heterocycles. The van der Waals surface area contributed by atoms with Crippen LogP contribution in [0.1, 0.15) is 6.92 Å². The summed E-state index contributed by atoms with van der Waals surface area (Å²) in [6.45, 7) is 0.739. The van der Waals surface area contributed by atoms with E-state index in [4.69, 9.17) is 0 Å². The van der Waals surface area contributed by atoms with Gasteiger partial charge < -0.3 is 0 Å². The topological polar surface area (TPSA) is 44.8 Å². The number of phosphoric acid groups is 1. The van der Waals surface area contributed by atoms with Gasteiger partial charge in [-0.1, -0.05) is 0 Å². The van der Waals surface area contributed by atoms with Gasteiger partial charge in [0.1, 0.15) is 0 Å². The Hall–Kier alpha value is -0.380. The van der Waals surface area contributed by atoms with E-state index in [1.807, 2.05) is 0 Å². The molecule has 116 valence electrons. The van der Waals surface area contributed by atoms with Crippen LogP contribution in [-0.4, -0.2) is 38.3 Å². The van der Waals surface area contributed by atoms with E-state index in [0.717, 1.165) is 0 Å². The number of phosphoric ester groups is 1. The number of hydrogen-bond acceptors (Lipinski definition) is 4. The molecule has 0 radical (unpaired) electrons. The standard InChI is InChI=1S/C7H10F7O4P/c1-3-17-19(15,16-2)18-5(10)7(13,14)6(11,12)4(8)9/h4-5H,3H2,1-2H3. The average Bonchev–Trinajstić information content (AvgIpc) is 2.28. The van der Waals surface area contributed by atoms with Crippen LogP contribution in [0.25, 0.3) is 0 Å². The van der Waals surface area contributed by atoms with Crippen molar-refractivity contribution in [1.29, 1.82) is 0 Å². The minimum Gasteiger partial charge on any atom is -0.290 e. The molecule has 12 heteroatoms. The maximum absolute atomic E-state index is 12.9. The maximum atomic E-state index is 12.9. The molecule has 0 aromatic rings. The van der Waals surface area contributed by atoms with Gasteiger partial charge in [0.15, 0.2) is 0 Å². The molecule has 0 fully saturated rings. The molecule has 0 aliphatic heterocycles. The quantitative estimate of drug-likeness (QED) is 0.506. The average molecular weight is 322 g/mol. The van der Waals surface area contributed by atoms with Gasteiger partial charge in [0.05, 0.1) is 6.61 Å². The van der Waals surface area contributed by atoms with Gasteiger partial charge in [-0.3, -0.25) is 9.05 Å². The van der Waals surface area contributed by atoms with Crippen molar-refractivity contribution in [3.8, 4) is 0 Å². The summed E-state index contributed by atoms with van der Waals surface area (Å²) >= 11 is 0. The van der Waals surface area contributed by atoms with Crippen LogP contribution < -0.4 is 0 Å². The first-order chi connectivity index (χ1) is 8.44. The Morgan fingerprint density at radius 3 is 1.89 bits per heavy atom. The molecule has 0 aromatic carbocycles. The molecule has 0 bridgehead atoms. The van der Waals surface area contributed by atoms with Gasteiger partial charge in [0.2, 0.25) is 0 Å². The maximum Gasteiger partial charge on any atom is 0.477 e. The van der Waals surface area contributed by atoms with Crippen LogP contribution in [0, 0.1) is 0 Å². The lowest BCUT2D eigenvalue weighted by Gasteiger charge is -2.29. The SMILES string of the molecule is CCOP(=O)(OC)OC(F)C(F)(F)C(F)(F)C(F)F. The van der Waals surface area contributed by atoms with Crippen molar-refractivity contribution in [2.75, 3.05) is 13.7 Å². The van der Waals surface area contributed by atoms with E-state index in [-0.39, 0.29) is 0 Å². The van der Waals surface area contributed by atoms with Gasteiger partial charge in [-0.25, -0.2) is 22.3 Å². The first-order valence-electron chi connectivity index (χ1n) is 4.61. The predicted octanol–water partition coefficient (Wildman–Crippen LogP) is 3.63. The van der Waals surface area contributed by atoms with Crippen LogP contribution in [0.15, 0.2) is 0 Å². The second-order valence-electron chi connectivity index (χ2n) is 3.02. The third-order valence-electron chi connectivity index (χ3n) is 1.74. The highest BCUT2D eigenvalue weighted by Crippen LogP contribution is 2.54. The predicted molar refractivity (Wildman–Crippen MR) is 48.1 cm³/mol. The molecule has 2 unspecified atom stereocenters. The Morgan fingerprint density at radius 2 is 1.58 bits per heavy atom. The van der Waals surface area contributed by atoms with E-state index >= 15 is 0 Å². The van der Waals surface area contributed by atoms with Gasteiger partial charge in [-0.15, -0.1) is 0 Å². The fourth-order valence-electron chi connectivity index (χ4n) is 0.761. The number of alkyl halides is 7. The summed E-state index contributed by atoms with van der Waals surface area (Å²) < 4.78 is 110. The van der Waals surface area contributed by atoms with Gasteiger partial charge in [-0.2, -0.15) is 17.6 Å². The first kappa shape index (κ1) is 18.6. The molecular weight excluding hydrogens is 312 g/mol. The third kappa shape index (κ3) is 4.04. The number of hydrogen-bond donors (Lipinski definition) is 0. The lowest BCUT2D eigenvalue weighted by molar-refractivity contribution is -0.313. The highest BCUT2D eigenvalue weighted by molar-refractivity contribution is 7.48. The summed E-state index contributed by atoms with van der Waals surface area (Å²) in [6, 6.07) is 0. The molecule has 2 atom stereocenters. The Kier molecular flexibility index (Phi) is 6.25. The normalized spacial score (nSPS) is 18.4. The van der Waals surface area contributed by atoms with Crippen molar-refractivity contribution >= 4 is 7.82 Å². The summed E-state index contributed by atoms with van der Waals surface area (Å²) in [5.41, 5.74) is 0. The molecule has 4 nitrogen and oxygen atoms in total. The summed E-state index contributed by atoms with van der Waals surface area (Å²) in [7, 11) is -4.28. The fourth-order valence-corrected chi connectivity index (χ4v) is 1.69. The van der Waals surface area contributed by atoms with Crippen LogP contribution in [0.4, 0.5) is 30.7 Å². The second kappa shape index (κ2) is 6.38. The van der Waals surface area contributed by atoms with E-state index in [2.05, 4.69) is 13.6 Å². The zero-order chi connectivity index (χ0) is 15.5. The van der Waals surface area contributed by atoms with Crippen LogP contribution in [0.5, 0.6) is 0 Å². The lowest BCUT2D eigenvalue weighted by Crippen LogP contribution is -2.52. The molecule has 0 aliphatic carbocycles. The lowest BCUT2D eigenvalue weighted by atomic mass is 10.2. The van der Waals surface area contributed by atoms with E-state index in [1.54, 1.807) is 0 Å². The summed E-state index contributed by atoms with van der Waals surface area (Å²) in [5.74, 6) is -11.9.